The maximum Gasteiger partial charge on any atom is 0.338 e. The van der Waals surface area contributed by atoms with E-state index in [1.807, 2.05) is 18.2 Å². The van der Waals surface area contributed by atoms with Gasteiger partial charge in [0.15, 0.2) is 0 Å². The molecular weight excluding hydrogens is 350 g/mol. The number of β-amino-alcohol motifs (C(OH)–C–C–N with tert-alkyl or cyclic N) is 1. The monoisotopic (exact) mass is 377 g/mol. The summed E-state index contributed by atoms with van der Waals surface area (Å²) in [6.45, 7) is 4.52. The molecule has 0 amide bonds. The van der Waals surface area contributed by atoms with E-state index >= 15 is 0 Å². The molecular formula is C24H27NO3. The summed E-state index contributed by atoms with van der Waals surface area (Å²) in [6.07, 6.45) is 0.0671. The predicted molar refractivity (Wildman–Crippen MR) is 112 cm³/mol. The number of nitrogens with one attached hydrogen (secondary N) is 1. The van der Waals surface area contributed by atoms with Crippen molar-refractivity contribution < 1.29 is 14.6 Å². The zero-order chi connectivity index (χ0) is 20.0. The number of fused-ring (bicyclic) bond motifs is 1. The second-order valence-electron chi connectivity index (χ2n) is 7.74. The van der Waals surface area contributed by atoms with Crippen LogP contribution in [0.1, 0.15) is 29.8 Å². The lowest BCUT2D eigenvalue weighted by Gasteiger charge is -2.28. The molecule has 0 heterocycles. The zero-order valence-electron chi connectivity index (χ0n) is 16.4. The van der Waals surface area contributed by atoms with Crippen LogP contribution in [0.25, 0.3) is 10.8 Å². The van der Waals surface area contributed by atoms with Crippen LogP contribution in [0.4, 0.5) is 0 Å². The smallest absolute Gasteiger partial charge is 0.338 e. The number of hydrogen-bond acceptors (Lipinski definition) is 4. The Morgan fingerprint density at radius 3 is 2.43 bits per heavy atom. The topological polar surface area (TPSA) is 58.6 Å². The Kier molecular flexibility index (Phi) is 6.45. The molecule has 3 aromatic rings. The minimum atomic E-state index is -0.761. The van der Waals surface area contributed by atoms with Crippen molar-refractivity contribution in [3.63, 3.8) is 0 Å². The number of carbonyl (C=O) groups excluding carboxylic acids is 1. The highest BCUT2D eigenvalue weighted by atomic mass is 16.5. The Balaban J connectivity index is 1.48. The van der Waals surface area contributed by atoms with E-state index in [2.05, 4.69) is 49.5 Å². The number of carbonyl (C=O) groups is 1. The molecule has 0 aliphatic heterocycles. The molecule has 4 nitrogen and oxygen atoms in total. The lowest BCUT2D eigenvalue weighted by atomic mass is 9.93. The van der Waals surface area contributed by atoms with Gasteiger partial charge in [-0.2, -0.15) is 0 Å². The average molecular weight is 377 g/mol. The van der Waals surface area contributed by atoms with E-state index in [0.717, 1.165) is 6.42 Å². The van der Waals surface area contributed by atoms with Gasteiger partial charge in [-0.05, 0) is 48.7 Å². The predicted octanol–water partition coefficient (Wildman–Crippen LogP) is 3.97. The number of ether oxygens (including phenoxy) is 1. The quantitative estimate of drug-likeness (QED) is 0.583. The summed E-state index contributed by atoms with van der Waals surface area (Å²) >= 11 is 0. The fraction of sp³-hybridized carbons (Fsp3) is 0.292. The lowest BCUT2D eigenvalue weighted by Crippen LogP contribution is -2.46. The zero-order valence-corrected chi connectivity index (χ0v) is 16.4. The fourth-order valence-electron chi connectivity index (χ4n) is 3.20. The van der Waals surface area contributed by atoms with E-state index in [-0.39, 0.29) is 12.1 Å². The normalized spacial score (nSPS) is 12.7. The Bertz CT molecular complexity index is 921. The summed E-state index contributed by atoms with van der Waals surface area (Å²) < 4.78 is 5.19. The molecule has 0 aliphatic rings. The second-order valence-corrected chi connectivity index (χ2v) is 7.74. The Morgan fingerprint density at radius 1 is 1.00 bits per heavy atom. The average Bonchev–Trinajstić information content (AvgIpc) is 2.71. The van der Waals surface area contributed by atoms with Gasteiger partial charge < -0.3 is 15.2 Å². The van der Waals surface area contributed by atoms with Gasteiger partial charge in [0.2, 0.25) is 0 Å². The van der Waals surface area contributed by atoms with Crippen LogP contribution >= 0.6 is 0 Å². The second kappa shape index (κ2) is 9.00. The molecule has 0 saturated carbocycles. The van der Waals surface area contributed by atoms with E-state index in [0.29, 0.717) is 12.1 Å². The minimum absolute atomic E-state index is 0.0349. The molecule has 0 unspecified atom stereocenters. The summed E-state index contributed by atoms with van der Waals surface area (Å²) in [7, 11) is 0. The van der Waals surface area contributed by atoms with Crippen LogP contribution in [0, 0.1) is 0 Å². The number of hydrogen-bond donors (Lipinski definition) is 2. The largest absolute Gasteiger partial charge is 0.459 e. The molecule has 0 aliphatic carbocycles. The van der Waals surface area contributed by atoms with Crippen LogP contribution < -0.4 is 5.32 Å². The maximum absolute atomic E-state index is 11.9. The molecule has 1 atom stereocenters. The van der Waals surface area contributed by atoms with Gasteiger partial charge in [0.25, 0.3) is 0 Å². The highest BCUT2D eigenvalue weighted by Crippen LogP contribution is 2.19. The lowest BCUT2D eigenvalue weighted by molar-refractivity contribution is 0.0245. The molecule has 28 heavy (non-hydrogen) atoms. The molecule has 2 N–H and O–H groups in total. The Morgan fingerprint density at radius 2 is 1.68 bits per heavy atom. The van der Waals surface area contributed by atoms with E-state index < -0.39 is 12.1 Å². The summed E-state index contributed by atoms with van der Waals surface area (Å²) in [5.41, 5.74) is 1.52. The third kappa shape index (κ3) is 5.65. The Hall–Kier alpha value is -2.69. The number of esters is 1. The number of benzene rings is 3. The van der Waals surface area contributed by atoms with Gasteiger partial charge in [-0.1, -0.05) is 60.7 Å². The summed E-state index contributed by atoms with van der Waals surface area (Å²) in [4.78, 5) is 11.9. The van der Waals surface area contributed by atoms with Crippen LogP contribution in [0.2, 0.25) is 0 Å². The number of aliphatic hydroxyl groups excluding tert-OH is 1. The third-order valence-corrected chi connectivity index (χ3v) is 4.69. The van der Waals surface area contributed by atoms with Gasteiger partial charge in [-0.25, -0.2) is 4.79 Å². The van der Waals surface area contributed by atoms with Gasteiger partial charge in [-0.15, -0.1) is 0 Å². The first-order valence-corrected chi connectivity index (χ1v) is 9.56. The molecule has 0 radical (unpaired) electrons. The molecule has 0 saturated heterocycles. The first kappa shape index (κ1) is 20.1. The Labute approximate surface area is 166 Å². The van der Waals surface area contributed by atoms with Gasteiger partial charge in [0, 0.05) is 12.1 Å². The minimum Gasteiger partial charge on any atom is -0.459 e. The van der Waals surface area contributed by atoms with Crippen molar-refractivity contribution in [1.82, 2.24) is 5.32 Å². The summed E-state index contributed by atoms with van der Waals surface area (Å²) in [5.74, 6) is -0.421. The van der Waals surface area contributed by atoms with Gasteiger partial charge in [-0.3, -0.25) is 0 Å². The SMILES string of the molecule is CC(C)(Cc1ccc2ccccc2c1)NC[C@@H](O)COC(=O)c1ccccc1. The van der Waals surface area contributed by atoms with E-state index in [1.165, 1.54) is 16.3 Å². The maximum atomic E-state index is 11.9. The van der Waals surface area contributed by atoms with Crippen molar-refractivity contribution in [3.05, 3.63) is 83.9 Å². The van der Waals surface area contributed by atoms with E-state index in [9.17, 15) is 9.90 Å². The molecule has 0 aromatic heterocycles. The van der Waals surface area contributed by atoms with Gasteiger partial charge >= 0.3 is 5.97 Å². The van der Waals surface area contributed by atoms with Crippen LogP contribution in [-0.2, 0) is 11.2 Å². The highest BCUT2D eigenvalue weighted by molar-refractivity contribution is 5.89. The standard InChI is InChI=1S/C24H27NO3/c1-24(2,15-18-12-13-19-8-6-7-11-21(19)14-18)25-16-22(26)17-28-23(27)20-9-4-3-5-10-20/h3-14,22,25-26H,15-17H2,1-2H3/t22-/m1/s1. The molecule has 4 heteroatoms. The summed E-state index contributed by atoms with van der Waals surface area (Å²) in [6, 6.07) is 23.6. The van der Waals surface area contributed by atoms with Crippen LogP contribution in [0.3, 0.4) is 0 Å². The number of aliphatic hydroxyl groups is 1. The first-order valence-electron chi connectivity index (χ1n) is 9.56. The molecule has 0 spiro atoms. The van der Waals surface area contributed by atoms with Crippen molar-refractivity contribution >= 4 is 16.7 Å². The third-order valence-electron chi connectivity index (χ3n) is 4.69. The van der Waals surface area contributed by atoms with Crippen molar-refractivity contribution in [3.8, 4) is 0 Å². The molecule has 0 fully saturated rings. The van der Waals surface area contributed by atoms with Gasteiger partial charge in [0.1, 0.15) is 12.7 Å². The van der Waals surface area contributed by atoms with Crippen molar-refractivity contribution in [2.75, 3.05) is 13.2 Å². The summed E-state index contributed by atoms with van der Waals surface area (Å²) in [5, 5.41) is 16.0. The van der Waals surface area contributed by atoms with Gasteiger partial charge in [0.05, 0.1) is 5.56 Å². The van der Waals surface area contributed by atoms with Crippen LogP contribution in [0.15, 0.2) is 72.8 Å². The van der Waals surface area contributed by atoms with Crippen molar-refractivity contribution in [2.45, 2.75) is 31.9 Å². The first-order chi connectivity index (χ1) is 13.4. The molecule has 146 valence electrons. The van der Waals surface area contributed by atoms with Crippen molar-refractivity contribution in [1.29, 1.82) is 0 Å². The van der Waals surface area contributed by atoms with Crippen LogP contribution in [-0.4, -0.2) is 35.9 Å². The molecule has 0 bridgehead atoms. The van der Waals surface area contributed by atoms with E-state index in [4.69, 9.17) is 4.74 Å². The van der Waals surface area contributed by atoms with E-state index in [1.54, 1.807) is 24.3 Å². The van der Waals surface area contributed by atoms with Crippen molar-refractivity contribution in [2.24, 2.45) is 0 Å². The van der Waals surface area contributed by atoms with Crippen LogP contribution in [0.5, 0.6) is 0 Å². The molecule has 3 rings (SSSR count). The fourth-order valence-corrected chi connectivity index (χ4v) is 3.20. The highest BCUT2D eigenvalue weighted by Gasteiger charge is 2.20. The number of rotatable bonds is 8. The molecule has 3 aromatic carbocycles.